The number of carbonyl (C=O) groups excluding carboxylic acids is 2. The first-order chi connectivity index (χ1) is 28.0. The lowest BCUT2D eigenvalue weighted by atomic mass is 10.00. The summed E-state index contributed by atoms with van der Waals surface area (Å²) >= 11 is 0. The molecule has 6 atom stereocenters. The van der Waals surface area contributed by atoms with E-state index in [4.69, 9.17) is 18.9 Å². The molecule has 1 aliphatic rings. The Labute approximate surface area is 351 Å². The molecule has 13 heteroatoms. The van der Waals surface area contributed by atoms with Crippen molar-refractivity contribution in [3.05, 3.63) is 36.5 Å². The molecular formula is C45H80O12S. The Kier molecular flexibility index (Phi) is 33.1. The summed E-state index contributed by atoms with van der Waals surface area (Å²) in [6.45, 7) is 3.70. The van der Waals surface area contributed by atoms with Crippen LogP contribution >= 0.6 is 0 Å². The van der Waals surface area contributed by atoms with Crippen molar-refractivity contribution in [1.29, 1.82) is 0 Å². The van der Waals surface area contributed by atoms with Crippen molar-refractivity contribution in [1.82, 2.24) is 0 Å². The lowest BCUT2D eigenvalue weighted by molar-refractivity contribution is -0.297. The van der Waals surface area contributed by atoms with Crippen LogP contribution in [0.2, 0.25) is 0 Å². The molecule has 12 nitrogen and oxygen atoms in total. The number of unbranched alkanes of at least 4 members (excludes halogenated alkanes) is 19. The monoisotopic (exact) mass is 845 g/mol. The molecule has 0 saturated carbocycles. The Balaban J connectivity index is 2.48. The predicted octanol–water partition coefficient (Wildman–Crippen LogP) is 9.00. The highest BCUT2D eigenvalue weighted by atomic mass is 32.2. The van der Waals surface area contributed by atoms with E-state index >= 15 is 0 Å². The average molecular weight is 845 g/mol. The summed E-state index contributed by atoms with van der Waals surface area (Å²) in [6, 6.07) is 0. The molecule has 338 valence electrons. The quantitative estimate of drug-likeness (QED) is 0.0202. The predicted molar refractivity (Wildman–Crippen MR) is 229 cm³/mol. The Bertz CT molecular complexity index is 1220. The van der Waals surface area contributed by atoms with E-state index in [1.165, 1.54) is 83.5 Å². The van der Waals surface area contributed by atoms with Gasteiger partial charge in [-0.3, -0.25) is 14.1 Å². The van der Waals surface area contributed by atoms with Crippen LogP contribution in [0.25, 0.3) is 0 Å². The van der Waals surface area contributed by atoms with E-state index in [0.29, 0.717) is 12.8 Å². The normalized spacial score (nSPS) is 20.7. The van der Waals surface area contributed by atoms with E-state index in [-0.39, 0.29) is 19.4 Å². The maximum atomic E-state index is 12.8. The molecule has 1 saturated heterocycles. The summed E-state index contributed by atoms with van der Waals surface area (Å²) < 4.78 is 54.0. The number of carbonyl (C=O) groups is 2. The first kappa shape index (κ1) is 53.9. The molecule has 0 spiro atoms. The zero-order chi connectivity index (χ0) is 42.7. The first-order valence-electron chi connectivity index (χ1n) is 22.5. The van der Waals surface area contributed by atoms with Crippen molar-refractivity contribution in [2.75, 3.05) is 19.0 Å². The molecular weight excluding hydrogens is 765 g/mol. The van der Waals surface area contributed by atoms with Gasteiger partial charge in [0, 0.05) is 12.8 Å². The summed E-state index contributed by atoms with van der Waals surface area (Å²) in [4.78, 5) is 25.4. The molecule has 0 aromatic heterocycles. The standard InChI is InChI=1S/C45H80O12S/c1-3-5-7-9-11-13-15-17-19-21-23-25-27-29-31-33-40(46)54-35-38(36-55-45-44(50)43(49)42(48)39(57-45)37-58(51,52)53)56-41(47)34-32-30-28-26-24-22-20-18-16-14-12-10-8-6-4-2/h14,16-17,19,23,25,38-39,42-45,48-50H,3-13,15,18,20-22,24,26-37H2,1-2H3,(H,51,52,53)/b16-14+,19-17+,25-23+/t38-,39-,42-,43?,44?,45+/m1/s1. The van der Waals surface area contributed by atoms with Crippen LogP contribution in [0.3, 0.4) is 0 Å². The first-order valence-corrected chi connectivity index (χ1v) is 24.2. The van der Waals surface area contributed by atoms with Gasteiger partial charge in [-0.2, -0.15) is 8.42 Å². The third-order valence-electron chi connectivity index (χ3n) is 10.2. The average Bonchev–Trinajstić information content (AvgIpc) is 3.18. The van der Waals surface area contributed by atoms with Crippen LogP contribution in [0.4, 0.5) is 0 Å². The van der Waals surface area contributed by atoms with Gasteiger partial charge in [0.1, 0.15) is 36.8 Å². The van der Waals surface area contributed by atoms with Gasteiger partial charge in [-0.1, -0.05) is 134 Å². The van der Waals surface area contributed by atoms with Gasteiger partial charge in [0.25, 0.3) is 10.1 Å². The Morgan fingerprint density at radius 3 is 1.59 bits per heavy atom. The molecule has 1 rings (SSSR count). The van der Waals surface area contributed by atoms with E-state index < -0.39 is 71.2 Å². The summed E-state index contributed by atoms with van der Waals surface area (Å²) in [5.41, 5.74) is 0. The van der Waals surface area contributed by atoms with E-state index in [9.17, 15) is 37.9 Å². The molecule has 0 aliphatic carbocycles. The summed E-state index contributed by atoms with van der Waals surface area (Å²) in [5, 5.41) is 30.9. The topological polar surface area (TPSA) is 186 Å². The SMILES string of the molecule is CCCCCC/C=C/CCCCCCCCCC(=O)O[C@H](COC(=O)CCCC/C=C/C/C=C/CCCCCCCC)CO[C@H]1O[C@H](CS(=O)(=O)O)[C@@H](O)C(O)C1O. The molecule has 0 aromatic rings. The van der Waals surface area contributed by atoms with Gasteiger partial charge in [0.15, 0.2) is 12.4 Å². The van der Waals surface area contributed by atoms with Crippen molar-refractivity contribution >= 4 is 22.1 Å². The second-order valence-electron chi connectivity index (χ2n) is 15.7. The highest BCUT2D eigenvalue weighted by Gasteiger charge is 2.46. The molecule has 1 aliphatic heterocycles. The van der Waals surface area contributed by atoms with Gasteiger partial charge in [-0.25, -0.2) is 0 Å². The lowest BCUT2D eigenvalue weighted by Crippen LogP contribution is -2.60. The molecule has 0 amide bonds. The number of aliphatic hydroxyl groups is 3. The lowest BCUT2D eigenvalue weighted by Gasteiger charge is -2.40. The minimum Gasteiger partial charge on any atom is -0.462 e. The number of aliphatic hydroxyl groups excluding tert-OH is 3. The zero-order valence-corrected chi connectivity index (χ0v) is 36.7. The fourth-order valence-corrected chi connectivity index (χ4v) is 7.33. The Hall–Kier alpha value is -2.13. The summed E-state index contributed by atoms with van der Waals surface area (Å²) in [6.07, 6.45) is 30.5. The minimum atomic E-state index is -4.60. The molecule has 58 heavy (non-hydrogen) atoms. The second-order valence-corrected chi connectivity index (χ2v) is 17.2. The van der Waals surface area contributed by atoms with Gasteiger partial charge in [-0.05, 0) is 70.6 Å². The number of hydrogen-bond donors (Lipinski definition) is 4. The maximum absolute atomic E-state index is 12.8. The number of hydrogen-bond acceptors (Lipinski definition) is 11. The van der Waals surface area contributed by atoms with Crippen LogP contribution in [0.1, 0.15) is 181 Å². The molecule has 1 heterocycles. The van der Waals surface area contributed by atoms with E-state index in [2.05, 4.69) is 50.3 Å². The van der Waals surface area contributed by atoms with Crippen molar-refractivity contribution in [2.45, 2.75) is 218 Å². The third kappa shape index (κ3) is 30.0. The fourth-order valence-electron chi connectivity index (χ4n) is 6.64. The molecule has 2 unspecified atom stereocenters. The number of esters is 2. The third-order valence-corrected chi connectivity index (χ3v) is 10.9. The highest BCUT2D eigenvalue weighted by molar-refractivity contribution is 7.85. The zero-order valence-electron chi connectivity index (χ0n) is 35.9. The number of allylic oxidation sites excluding steroid dienone is 6. The van der Waals surface area contributed by atoms with Crippen LogP contribution in [-0.4, -0.2) is 96.0 Å². The Morgan fingerprint density at radius 2 is 1.03 bits per heavy atom. The van der Waals surface area contributed by atoms with Crippen LogP contribution in [0, 0.1) is 0 Å². The van der Waals surface area contributed by atoms with Gasteiger partial charge in [-0.15, -0.1) is 0 Å². The summed E-state index contributed by atoms with van der Waals surface area (Å²) in [5.74, 6) is -2.03. The minimum absolute atomic E-state index is 0.153. The van der Waals surface area contributed by atoms with Crippen LogP contribution < -0.4 is 0 Å². The highest BCUT2D eigenvalue weighted by Crippen LogP contribution is 2.24. The van der Waals surface area contributed by atoms with Crippen molar-refractivity contribution in [3.63, 3.8) is 0 Å². The van der Waals surface area contributed by atoms with Crippen LogP contribution in [0.5, 0.6) is 0 Å². The van der Waals surface area contributed by atoms with Gasteiger partial charge >= 0.3 is 11.9 Å². The fraction of sp³-hybridized carbons (Fsp3) is 0.822. The largest absolute Gasteiger partial charge is 0.462 e. The van der Waals surface area contributed by atoms with Gasteiger partial charge in [0.2, 0.25) is 0 Å². The molecule has 4 N–H and O–H groups in total. The van der Waals surface area contributed by atoms with Crippen molar-refractivity contribution in [2.24, 2.45) is 0 Å². The Morgan fingerprint density at radius 1 is 0.586 bits per heavy atom. The van der Waals surface area contributed by atoms with Gasteiger partial charge < -0.3 is 34.3 Å². The van der Waals surface area contributed by atoms with Crippen LogP contribution in [-0.2, 0) is 38.7 Å². The van der Waals surface area contributed by atoms with E-state index in [1.54, 1.807) is 0 Å². The molecule has 0 radical (unpaired) electrons. The maximum Gasteiger partial charge on any atom is 0.306 e. The molecule has 0 bridgehead atoms. The summed E-state index contributed by atoms with van der Waals surface area (Å²) in [7, 11) is -4.60. The van der Waals surface area contributed by atoms with Crippen molar-refractivity contribution in [3.8, 4) is 0 Å². The van der Waals surface area contributed by atoms with Crippen molar-refractivity contribution < 1.29 is 56.8 Å². The van der Waals surface area contributed by atoms with E-state index in [1.807, 2.05) is 0 Å². The van der Waals surface area contributed by atoms with Gasteiger partial charge in [0.05, 0.1) is 6.61 Å². The molecule has 0 aromatic carbocycles. The molecule has 1 fully saturated rings. The van der Waals surface area contributed by atoms with Crippen LogP contribution in [0.15, 0.2) is 36.5 Å². The number of ether oxygens (including phenoxy) is 4. The second kappa shape index (κ2) is 35.6. The number of rotatable bonds is 37. The smallest absolute Gasteiger partial charge is 0.306 e. The van der Waals surface area contributed by atoms with E-state index in [0.717, 1.165) is 57.8 Å².